The van der Waals surface area contributed by atoms with Gasteiger partial charge >= 0.3 is 0 Å². The zero-order valence-corrected chi connectivity index (χ0v) is 9.46. The van der Waals surface area contributed by atoms with E-state index in [1.165, 1.54) is 0 Å². The Morgan fingerprint density at radius 1 is 1.29 bits per heavy atom. The van der Waals surface area contributed by atoms with E-state index in [0.29, 0.717) is 17.6 Å². The van der Waals surface area contributed by atoms with Crippen LogP contribution in [0.4, 0.5) is 0 Å². The number of rotatable bonds is 3. The highest BCUT2D eigenvalue weighted by molar-refractivity contribution is 7.92. The number of nitrogens with two attached hydrogens (primary N) is 1. The Morgan fingerprint density at radius 3 is 2.36 bits per heavy atom. The molecule has 0 aromatic carbocycles. The first kappa shape index (κ1) is 10.4. The topological polar surface area (TPSA) is 60.2 Å². The van der Waals surface area contributed by atoms with Gasteiger partial charge in [-0.05, 0) is 37.5 Å². The van der Waals surface area contributed by atoms with Gasteiger partial charge in [0.2, 0.25) is 0 Å². The summed E-state index contributed by atoms with van der Waals surface area (Å²) in [6.07, 6.45) is 3.66. The second kappa shape index (κ2) is 3.49. The summed E-state index contributed by atoms with van der Waals surface area (Å²) in [4.78, 5) is 0. The lowest BCUT2D eigenvalue weighted by molar-refractivity contribution is 0.519. The fourth-order valence-electron chi connectivity index (χ4n) is 2.44. The van der Waals surface area contributed by atoms with Gasteiger partial charge in [-0.2, -0.15) is 0 Å². The van der Waals surface area contributed by atoms with E-state index >= 15 is 0 Å². The molecule has 0 bridgehead atoms. The van der Waals surface area contributed by atoms with E-state index in [1.54, 1.807) is 0 Å². The zero-order valence-electron chi connectivity index (χ0n) is 8.65. The third kappa shape index (κ3) is 2.11. The van der Waals surface area contributed by atoms with Crippen molar-refractivity contribution in [3.05, 3.63) is 0 Å². The van der Waals surface area contributed by atoms with Crippen LogP contribution in [0.15, 0.2) is 0 Å². The van der Waals surface area contributed by atoms with Crippen LogP contribution in [0.25, 0.3) is 0 Å². The molecule has 0 aromatic heterocycles. The van der Waals surface area contributed by atoms with E-state index in [-0.39, 0.29) is 11.3 Å². The third-order valence-electron chi connectivity index (χ3n) is 3.54. The summed E-state index contributed by atoms with van der Waals surface area (Å²) < 4.78 is 23.4. The summed E-state index contributed by atoms with van der Waals surface area (Å²) >= 11 is 0. The molecule has 0 aliphatic heterocycles. The van der Waals surface area contributed by atoms with Gasteiger partial charge in [-0.3, -0.25) is 0 Å². The maximum absolute atomic E-state index is 11.7. The van der Waals surface area contributed by atoms with E-state index in [2.05, 4.69) is 6.92 Å². The van der Waals surface area contributed by atoms with Gasteiger partial charge in [-0.25, -0.2) is 8.42 Å². The molecule has 2 fully saturated rings. The maximum Gasteiger partial charge on any atom is 0.153 e. The molecule has 2 aliphatic rings. The zero-order chi connectivity index (χ0) is 10.3. The summed E-state index contributed by atoms with van der Waals surface area (Å²) in [5.41, 5.74) is 5.88. The lowest BCUT2D eigenvalue weighted by atomic mass is 10.1. The molecule has 2 rings (SSSR count). The Hall–Kier alpha value is -0.0900. The molecule has 3 unspecified atom stereocenters. The minimum atomic E-state index is -2.77. The van der Waals surface area contributed by atoms with Gasteiger partial charge in [-0.15, -0.1) is 0 Å². The molecular weight excluding hydrogens is 198 g/mol. The highest BCUT2D eigenvalue weighted by Crippen LogP contribution is 2.35. The standard InChI is InChI=1S/C10H19NO2S/c1-7-4-8(5-10(7)11)6-14(12,13)9-2-3-9/h7-10H,2-6,11H2,1H3. The van der Waals surface area contributed by atoms with E-state index < -0.39 is 9.84 Å². The molecule has 82 valence electrons. The Morgan fingerprint density at radius 2 is 1.93 bits per heavy atom. The average molecular weight is 217 g/mol. The van der Waals surface area contributed by atoms with Gasteiger partial charge < -0.3 is 5.73 Å². The average Bonchev–Trinajstić information content (AvgIpc) is 2.81. The second-order valence-corrected chi connectivity index (χ2v) is 7.33. The summed E-state index contributed by atoms with van der Waals surface area (Å²) in [5.74, 6) is 1.20. The molecule has 3 atom stereocenters. The fourth-order valence-corrected chi connectivity index (χ4v) is 4.50. The van der Waals surface area contributed by atoms with Gasteiger partial charge in [0.1, 0.15) is 0 Å². The van der Waals surface area contributed by atoms with E-state index in [4.69, 9.17) is 5.73 Å². The minimum Gasteiger partial charge on any atom is -0.327 e. The normalized spacial score (nSPS) is 38.9. The summed E-state index contributed by atoms with van der Waals surface area (Å²) in [5, 5.41) is -0.00497. The van der Waals surface area contributed by atoms with Crippen molar-refractivity contribution in [1.29, 1.82) is 0 Å². The van der Waals surface area contributed by atoms with Crippen molar-refractivity contribution in [3.63, 3.8) is 0 Å². The first-order chi connectivity index (χ1) is 6.49. The van der Waals surface area contributed by atoms with Crippen LogP contribution in [0.3, 0.4) is 0 Å². The maximum atomic E-state index is 11.7. The van der Waals surface area contributed by atoms with Crippen LogP contribution in [0.2, 0.25) is 0 Å². The van der Waals surface area contributed by atoms with Gasteiger partial charge in [0.05, 0.1) is 11.0 Å². The fraction of sp³-hybridized carbons (Fsp3) is 1.00. The Kier molecular flexibility index (Phi) is 2.60. The van der Waals surface area contributed by atoms with E-state index in [9.17, 15) is 8.42 Å². The number of hydrogen-bond donors (Lipinski definition) is 1. The van der Waals surface area contributed by atoms with Crippen LogP contribution in [0, 0.1) is 11.8 Å². The lowest BCUT2D eigenvalue weighted by Gasteiger charge is -2.09. The third-order valence-corrected chi connectivity index (χ3v) is 5.96. The molecule has 0 radical (unpaired) electrons. The van der Waals surface area contributed by atoms with Crippen molar-refractivity contribution in [1.82, 2.24) is 0 Å². The highest BCUT2D eigenvalue weighted by atomic mass is 32.2. The smallest absolute Gasteiger partial charge is 0.153 e. The molecule has 0 spiro atoms. The van der Waals surface area contributed by atoms with Crippen LogP contribution in [-0.4, -0.2) is 25.5 Å². The molecule has 3 nitrogen and oxygen atoms in total. The van der Waals surface area contributed by atoms with Crippen LogP contribution >= 0.6 is 0 Å². The minimum absolute atomic E-state index is 0.00497. The van der Waals surface area contributed by atoms with Gasteiger partial charge in [0.15, 0.2) is 9.84 Å². The van der Waals surface area contributed by atoms with Crippen LogP contribution in [0.1, 0.15) is 32.6 Å². The van der Waals surface area contributed by atoms with Crippen LogP contribution in [0.5, 0.6) is 0 Å². The quantitative estimate of drug-likeness (QED) is 0.765. The molecule has 14 heavy (non-hydrogen) atoms. The van der Waals surface area contributed by atoms with Crippen LogP contribution < -0.4 is 5.73 Å². The molecule has 2 N–H and O–H groups in total. The Bertz CT molecular complexity index is 298. The molecule has 0 amide bonds. The predicted octanol–water partition coefficient (Wildman–Crippen LogP) is 0.937. The first-order valence-electron chi connectivity index (χ1n) is 5.46. The molecule has 0 saturated heterocycles. The van der Waals surface area contributed by atoms with Crippen molar-refractivity contribution in [2.75, 3.05) is 5.75 Å². The van der Waals surface area contributed by atoms with E-state index in [0.717, 1.165) is 25.7 Å². The predicted molar refractivity (Wildman–Crippen MR) is 56.7 cm³/mol. The first-order valence-corrected chi connectivity index (χ1v) is 7.17. The van der Waals surface area contributed by atoms with E-state index in [1.807, 2.05) is 0 Å². The van der Waals surface area contributed by atoms with Gasteiger partial charge in [0, 0.05) is 6.04 Å². The van der Waals surface area contributed by atoms with Gasteiger partial charge in [0.25, 0.3) is 0 Å². The molecule has 2 saturated carbocycles. The molecule has 2 aliphatic carbocycles. The van der Waals surface area contributed by atoms with Crippen molar-refractivity contribution in [2.45, 2.75) is 43.9 Å². The second-order valence-electron chi connectivity index (χ2n) is 5.01. The lowest BCUT2D eigenvalue weighted by Crippen LogP contribution is -2.23. The number of sulfone groups is 1. The Balaban J connectivity index is 1.92. The monoisotopic (exact) mass is 217 g/mol. The summed E-state index contributed by atoms with van der Waals surface area (Å²) in [7, 11) is -2.77. The highest BCUT2D eigenvalue weighted by Gasteiger charge is 2.39. The van der Waals surface area contributed by atoms with Crippen molar-refractivity contribution < 1.29 is 8.42 Å². The van der Waals surface area contributed by atoms with Crippen molar-refractivity contribution >= 4 is 9.84 Å². The molecule has 0 heterocycles. The molecule has 4 heteroatoms. The molecular formula is C10H19NO2S. The Labute approximate surface area is 86.0 Å². The van der Waals surface area contributed by atoms with Crippen molar-refractivity contribution in [3.8, 4) is 0 Å². The van der Waals surface area contributed by atoms with Gasteiger partial charge in [-0.1, -0.05) is 6.92 Å². The summed E-state index contributed by atoms with van der Waals surface area (Å²) in [6, 6.07) is 0.217. The van der Waals surface area contributed by atoms with Crippen molar-refractivity contribution in [2.24, 2.45) is 17.6 Å². The van der Waals surface area contributed by atoms with Crippen LogP contribution in [-0.2, 0) is 9.84 Å². The molecule has 0 aromatic rings. The largest absolute Gasteiger partial charge is 0.327 e. The number of hydrogen-bond acceptors (Lipinski definition) is 3. The summed E-state index contributed by atoms with van der Waals surface area (Å²) in [6.45, 7) is 2.12. The SMILES string of the molecule is CC1CC(CS(=O)(=O)C2CC2)CC1N.